The molecular weight excluding hydrogens is 540 g/mol. The fourth-order valence-corrected chi connectivity index (χ4v) is 7.49. The number of nitrogens with zero attached hydrogens (tertiary/aromatic N) is 3. The Morgan fingerprint density at radius 3 is 2.44 bits per heavy atom. The van der Waals surface area contributed by atoms with Crippen LogP contribution in [0.4, 0.5) is 0 Å². The van der Waals surface area contributed by atoms with Gasteiger partial charge in [-0.3, -0.25) is 14.8 Å². The second-order valence-electron chi connectivity index (χ2n) is 12.8. The summed E-state index contributed by atoms with van der Waals surface area (Å²) in [6.07, 6.45) is 5.41. The first-order valence-electron chi connectivity index (χ1n) is 14.5. The van der Waals surface area contributed by atoms with Crippen LogP contribution in [-0.4, -0.2) is 83.3 Å². The van der Waals surface area contributed by atoms with E-state index in [0.29, 0.717) is 25.4 Å². The number of amides is 2. The third-order valence-corrected chi connectivity index (χ3v) is 11.7. The third-order valence-electron chi connectivity index (χ3n) is 8.96. The lowest BCUT2D eigenvalue weighted by Crippen LogP contribution is -3.14. The molecule has 0 spiro atoms. The second kappa shape index (κ2) is 12.3. The van der Waals surface area contributed by atoms with E-state index >= 15 is 0 Å². The van der Waals surface area contributed by atoms with Gasteiger partial charge in [-0.2, -0.15) is 0 Å². The molecule has 1 aliphatic carbocycles. The molecule has 4 rings (SSSR count). The highest BCUT2D eigenvalue weighted by Crippen LogP contribution is 2.36. The van der Waals surface area contributed by atoms with Crippen LogP contribution >= 0.6 is 0 Å². The van der Waals surface area contributed by atoms with Gasteiger partial charge in [0.1, 0.15) is 0 Å². The van der Waals surface area contributed by atoms with E-state index in [4.69, 9.17) is 0 Å². The lowest BCUT2D eigenvalue weighted by Gasteiger charge is -2.45. The third kappa shape index (κ3) is 6.71. The Hall–Kier alpha value is -2.66. The summed E-state index contributed by atoms with van der Waals surface area (Å²) in [5, 5.41) is 12.6. The van der Waals surface area contributed by atoms with Gasteiger partial charge in [-0.1, -0.05) is 30.3 Å². The summed E-state index contributed by atoms with van der Waals surface area (Å²) in [6.45, 7) is 9.71. The van der Waals surface area contributed by atoms with Crippen molar-refractivity contribution in [3.8, 4) is 11.1 Å². The van der Waals surface area contributed by atoms with Gasteiger partial charge in [-0.25, -0.2) is 13.2 Å². The summed E-state index contributed by atoms with van der Waals surface area (Å²) in [4.78, 5) is 35.1. The first-order chi connectivity index (χ1) is 19.2. The van der Waals surface area contributed by atoms with Crippen LogP contribution < -0.4 is 5.06 Å². The number of rotatable bonds is 8. The first kappa shape index (κ1) is 31.3. The number of nitrogens with one attached hydrogen (secondary N) is 1. The maximum absolute atomic E-state index is 13.7. The van der Waals surface area contributed by atoms with Crippen molar-refractivity contribution in [2.24, 2.45) is 5.92 Å². The maximum atomic E-state index is 13.7. The van der Waals surface area contributed by atoms with Crippen molar-refractivity contribution in [3.05, 3.63) is 59.6 Å². The molecule has 2 amide bonds. The molecule has 1 aliphatic heterocycles. The monoisotopic (exact) mass is 584 g/mol. The van der Waals surface area contributed by atoms with Crippen molar-refractivity contribution in [3.63, 3.8) is 0 Å². The van der Waals surface area contributed by atoms with Gasteiger partial charge in [0, 0.05) is 49.0 Å². The molecule has 5 atom stereocenters. The van der Waals surface area contributed by atoms with Gasteiger partial charge in [-0.15, -0.1) is 0 Å². The molecule has 9 nitrogen and oxygen atoms in total. The fourth-order valence-electron chi connectivity index (χ4n) is 6.06. The van der Waals surface area contributed by atoms with Gasteiger partial charge in [0.05, 0.1) is 16.1 Å². The summed E-state index contributed by atoms with van der Waals surface area (Å²) in [7, 11) is -1.37. The van der Waals surface area contributed by atoms with Crippen molar-refractivity contribution in [1.29, 1.82) is 0 Å². The quantitative estimate of drug-likeness (QED) is 0.475. The van der Waals surface area contributed by atoms with Gasteiger partial charge >= 0.3 is 5.91 Å². The average molecular weight is 585 g/mol. The predicted octanol–water partition coefficient (Wildman–Crippen LogP) is 2.96. The number of hydrogen-bond acceptors (Lipinski definition) is 7. The van der Waals surface area contributed by atoms with Crippen LogP contribution in [0.1, 0.15) is 70.7 Å². The number of hydroxylamine groups is 2. The van der Waals surface area contributed by atoms with E-state index in [2.05, 4.69) is 30.8 Å². The van der Waals surface area contributed by atoms with E-state index in [1.807, 2.05) is 30.3 Å². The Labute approximate surface area is 244 Å². The lowest BCUT2D eigenvalue weighted by atomic mass is 9.81. The number of hydrogen-bond donors (Lipinski definition) is 1. The molecule has 1 unspecified atom stereocenters. The minimum absolute atomic E-state index is 0.0110. The Bertz CT molecular complexity index is 1340. The van der Waals surface area contributed by atoms with Gasteiger partial charge in [-0.05, 0) is 78.5 Å². The number of quaternary nitrogens is 1. The topological polar surface area (TPSA) is 115 Å². The van der Waals surface area contributed by atoms with Gasteiger partial charge in [0.2, 0.25) is 0 Å². The molecule has 2 fully saturated rings. The van der Waals surface area contributed by atoms with Crippen molar-refractivity contribution in [2.75, 3.05) is 19.3 Å². The lowest BCUT2D eigenvalue weighted by molar-refractivity contribution is -0.776. The summed E-state index contributed by atoms with van der Waals surface area (Å²) in [6, 6.07) is 10.3. The number of carbonyl (C=O) groups is 2. The Balaban J connectivity index is 1.53. The second-order valence-corrected chi connectivity index (χ2v) is 15.6. The zero-order chi connectivity index (χ0) is 30.1. The standard InChI is InChI=1S/C31H44N4O5S/c1-21(2)33(6)26-12-13-27(25(17-26)20-41(39,40)31(3,4)5)34-15-14-28(30(34)37)35(38)29(36)24-16-23(18-32-19-24)22-10-8-7-9-11-22/h7-11,16,18-19,21,25-28,35H,12-15,17,20H2,1-6H3/t25-,26+,27-,28-/m0/s1. The van der Waals surface area contributed by atoms with Gasteiger partial charge in [0.15, 0.2) is 15.9 Å². The van der Waals surface area contributed by atoms with Crippen molar-refractivity contribution < 1.29 is 23.1 Å². The fraction of sp³-hybridized carbons (Fsp3) is 0.581. The molecule has 2 aromatic rings. The van der Waals surface area contributed by atoms with E-state index in [9.17, 15) is 23.2 Å². The molecular formula is C31H44N4O5S. The summed E-state index contributed by atoms with van der Waals surface area (Å²) in [5.41, 5.74) is 1.75. The van der Waals surface area contributed by atoms with E-state index in [1.165, 1.54) is 6.20 Å². The summed E-state index contributed by atoms with van der Waals surface area (Å²) in [5.74, 6) is -1.35. The summed E-state index contributed by atoms with van der Waals surface area (Å²) < 4.78 is 25.7. The molecule has 224 valence electrons. The zero-order valence-corrected chi connectivity index (χ0v) is 25.9. The number of aromatic nitrogens is 1. The molecule has 1 saturated carbocycles. The van der Waals surface area contributed by atoms with Crippen LogP contribution in [0.5, 0.6) is 0 Å². The highest BCUT2D eigenvalue weighted by Gasteiger charge is 2.47. The number of sulfone groups is 1. The van der Waals surface area contributed by atoms with Crippen LogP contribution in [-0.2, 0) is 14.6 Å². The predicted molar refractivity (Wildman–Crippen MR) is 160 cm³/mol. The van der Waals surface area contributed by atoms with Crippen LogP contribution in [0.15, 0.2) is 48.8 Å². The molecule has 1 saturated heterocycles. The molecule has 0 bridgehead atoms. The molecule has 1 aromatic heterocycles. The largest absolute Gasteiger partial charge is 0.626 e. The average Bonchev–Trinajstić information content (AvgIpc) is 3.32. The van der Waals surface area contributed by atoms with Crippen LogP contribution in [0.25, 0.3) is 11.1 Å². The smallest absolute Gasteiger partial charge is 0.346 e. The number of carbonyl (C=O) groups excluding carboxylic acids is 2. The molecule has 2 heterocycles. The van der Waals surface area contributed by atoms with Crippen LogP contribution in [0, 0.1) is 11.1 Å². The summed E-state index contributed by atoms with van der Waals surface area (Å²) >= 11 is 0. The van der Waals surface area contributed by atoms with Crippen molar-refractivity contribution in [2.45, 2.75) is 89.2 Å². The van der Waals surface area contributed by atoms with E-state index < -0.39 is 31.6 Å². The van der Waals surface area contributed by atoms with Gasteiger partial charge in [0.25, 0.3) is 5.91 Å². The molecule has 2 aliphatic rings. The van der Waals surface area contributed by atoms with Crippen LogP contribution in [0.3, 0.4) is 0 Å². The number of pyridine rings is 1. The minimum atomic E-state index is -3.44. The van der Waals surface area contributed by atoms with E-state index in [-0.39, 0.29) is 41.6 Å². The minimum Gasteiger partial charge on any atom is -0.626 e. The first-order valence-corrected chi connectivity index (χ1v) is 16.2. The maximum Gasteiger partial charge on any atom is 0.346 e. The highest BCUT2D eigenvalue weighted by atomic mass is 32.2. The highest BCUT2D eigenvalue weighted by molar-refractivity contribution is 7.92. The number of likely N-dealkylation sites (tertiary alicyclic amines) is 1. The zero-order valence-electron chi connectivity index (χ0n) is 25.0. The van der Waals surface area contributed by atoms with E-state index in [0.717, 1.165) is 17.5 Å². The molecule has 1 aromatic carbocycles. The Kier molecular flexibility index (Phi) is 9.38. The van der Waals surface area contributed by atoms with E-state index in [1.54, 1.807) is 37.9 Å². The van der Waals surface area contributed by atoms with Gasteiger partial charge < -0.3 is 15.0 Å². The Morgan fingerprint density at radius 2 is 1.80 bits per heavy atom. The molecule has 10 heteroatoms. The normalized spacial score (nSPS) is 24.7. The SMILES string of the molecule is CC(C)N(C)[C@@H]1CC[C@H](N2CC[C@H]([NH+]([O-])C(=O)c3cncc(-c4ccccc4)c3)C2=O)[C@H](CS(=O)(=O)C(C)(C)C)C1. The van der Waals surface area contributed by atoms with Crippen molar-refractivity contribution >= 4 is 21.7 Å². The molecule has 41 heavy (non-hydrogen) atoms. The number of benzene rings is 1. The molecule has 1 N–H and O–H groups in total. The van der Waals surface area contributed by atoms with Crippen LogP contribution in [0.2, 0.25) is 0 Å². The van der Waals surface area contributed by atoms with Crippen molar-refractivity contribution in [1.82, 2.24) is 14.8 Å². The molecule has 0 radical (unpaired) electrons. The Morgan fingerprint density at radius 1 is 1.12 bits per heavy atom.